The number of nitrogens with one attached hydrogen (secondary N) is 1. The first kappa shape index (κ1) is 23.4. The Morgan fingerprint density at radius 3 is 2.35 bits per heavy atom. The zero-order chi connectivity index (χ0) is 25.6. The van der Waals surface area contributed by atoms with Crippen molar-refractivity contribution < 1.29 is 19.5 Å². The summed E-state index contributed by atoms with van der Waals surface area (Å²) in [6.07, 6.45) is 0.832. The molecule has 188 valence electrons. The average molecular weight is 549 g/mol. The Morgan fingerprint density at radius 2 is 1.68 bits per heavy atom. The molecule has 2 bridgehead atoms. The molecule has 3 heterocycles. The van der Waals surface area contributed by atoms with Crippen LogP contribution in [-0.4, -0.2) is 44.1 Å². The molecule has 37 heavy (non-hydrogen) atoms. The molecule has 1 aromatic heterocycles. The smallest absolute Gasteiger partial charge is 0.326 e. The molecule has 2 amide bonds. The van der Waals surface area contributed by atoms with Crippen LogP contribution in [0.4, 0.5) is 0 Å². The summed E-state index contributed by atoms with van der Waals surface area (Å²) in [6, 6.07) is 17.8. The summed E-state index contributed by atoms with van der Waals surface area (Å²) in [4.78, 5) is 44.2. The van der Waals surface area contributed by atoms with Crippen molar-refractivity contribution in [1.29, 1.82) is 0 Å². The number of amides is 2. The number of likely N-dealkylation sites (tertiary alicyclic amines) is 1. The number of nitrogens with zero attached hydrogens (tertiary/aromatic N) is 1. The fourth-order valence-electron chi connectivity index (χ4n) is 7.42. The van der Waals surface area contributed by atoms with Gasteiger partial charge < -0.3 is 10.1 Å². The van der Waals surface area contributed by atoms with Gasteiger partial charge in [0.1, 0.15) is 6.04 Å². The summed E-state index contributed by atoms with van der Waals surface area (Å²) in [6.45, 7) is 1.43. The van der Waals surface area contributed by atoms with E-state index in [1.54, 1.807) is 23.1 Å². The van der Waals surface area contributed by atoms with E-state index in [2.05, 4.69) is 41.4 Å². The molecule has 3 aromatic rings. The van der Waals surface area contributed by atoms with Crippen LogP contribution in [0.25, 0.3) is 11.1 Å². The molecule has 9 heteroatoms. The summed E-state index contributed by atoms with van der Waals surface area (Å²) < 4.78 is 0.740. The zero-order valence-corrected chi connectivity index (χ0v) is 22.3. The number of hydrogen-bond acceptors (Lipinski definition) is 6. The topological polar surface area (TPSA) is 90.5 Å². The molecule has 0 radical (unpaired) electrons. The van der Waals surface area contributed by atoms with Crippen molar-refractivity contribution in [3.8, 4) is 11.1 Å². The number of H-pyrrole nitrogens is 1. The number of rotatable bonds is 4. The highest BCUT2D eigenvalue weighted by molar-refractivity contribution is 8.00. The van der Waals surface area contributed by atoms with Gasteiger partial charge in [-0.15, -0.1) is 23.1 Å². The van der Waals surface area contributed by atoms with E-state index in [9.17, 15) is 19.5 Å². The number of fused-ring (bicyclic) bond motifs is 9. The first-order valence-corrected chi connectivity index (χ1v) is 14.6. The van der Waals surface area contributed by atoms with E-state index in [0.29, 0.717) is 0 Å². The van der Waals surface area contributed by atoms with Gasteiger partial charge in [-0.25, -0.2) is 4.79 Å². The molecule has 8 atom stereocenters. The van der Waals surface area contributed by atoms with Crippen molar-refractivity contribution >= 4 is 53.1 Å². The van der Waals surface area contributed by atoms with Crippen molar-refractivity contribution in [1.82, 2.24) is 9.88 Å². The van der Waals surface area contributed by atoms with Crippen LogP contribution < -0.4 is 0 Å². The fourth-order valence-corrected chi connectivity index (χ4v) is 10.8. The monoisotopic (exact) mass is 548 g/mol. The van der Waals surface area contributed by atoms with E-state index >= 15 is 0 Å². The van der Waals surface area contributed by atoms with Gasteiger partial charge in [-0.3, -0.25) is 14.5 Å². The second-order valence-electron chi connectivity index (χ2n) is 10.5. The van der Waals surface area contributed by atoms with Crippen molar-refractivity contribution in [3.63, 3.8) is 0 Å². The Morgan fingerprint density at radius 1 is 1.03 bits per heavy atom. The van der Waals surface area contributed by atoms with Crippen molar-refractivity contribution in [3.05, 3.63) is 69.0 Å². The van der Waals surface area contributed by atoms with Gasteiger partial charge in [0.25, 0.3) is 0 Å². The van der Waals surface area contributed by atoms with E-state index in [-0.39, 0.29) is 40.7 Å². The van der Waals surface area contributed by atoms with Gasteiger partial charge in [-0.2, -0.15) is 0 Å². The molecule has 8 unspecified atom stereocenters. The van der Waals surface area contributed by atoms with Gasteiger partial charge in [0.05, 0.1) is 16.9 Å². The molecule has 2 saturated carbocycles. The van der Waals surface area contributed by atoms with Crippen molar-refractivity contribution in [2.24, 2.45) is 29.6 Å². The van der Waals surface area contributed by atoms with Gasteiger partial charge in [0, 0.05) is 16.0 Å². The maximum Gasteiger partial charge on any atom is 0.326 e. The average Bonchev–Trinajstić information content (AvgIpc) is 3.63. The number of aliphatic carboxylic acids is 1. The minimum Gasteiger partial charge on any atom is -0.480 e. The molecule has 2 aliphatic carbocycles. The summed E-state index contributed by atoms with van der Waals surface area (Å²) in [5.74, 6) is -2.25. The third kappa shape index (κ3) is 3.30. The Balaban J connectivity index is 1.30. The van der Waals surface area contributed by atoms with Crippen LogP contribution in [0.3, 0.4) is 0 Å². The number of carboxylic acid groups (broad SMARTS) is 1. The van der Waals surface area contributed by atoms with Crippen LogP contribution in [0.5, 0.6) is 0 Å². The highest BCUT2D eigenvalue weighted by Crippen LogP contribution is 2.68. The molecule has 0 spiro atoms. The van der Waals surface area contributed by atoms with Crippen LogP contribution in [0.1, 0.15) is 29.7 Å². The molecule has 2 aromatic carbocycles. The molecule has 4 aliphatic rings. The largest absolute Gasteiger partial charge is 0.480 e. The van der Waals surface area contributed by atoms with E-state index in [1.807, 2.05) is 18.2 Å². The highest BCUT2D eigenvalue weighted by Gasteiger charge is 2.70. The predicted molar refractivity (Wildman–Crippen MR) is 144 cm³/mol. The third-order valence-corrected chi connectivity index (χ3v) is 11.8. The Kier molecular flexibility index (Phi) is 5.29. The first-order chi connectivity index (χ1) is 17.8. The zero-order valence-electron chi connectivity index (χ0n) is 19.9. The lowest BCUT2D eigenvalue weighted by Gasteiger charge is -2.43. The highest BCUT2D eigenvalue weighted by atomic mass is 32.2. The number of thiazole rings is 1. The normalized spacial score (nSPS) is 32.2. The maximum absolute atomic E-state index is 13.5. The van der Waals surface area contributed by atoms with Crippen LogP contribution >= 0.6 is 35.3 Å². The fraction of sp³-hybridized carbons (Fsp3) is 0.357. The Hall–Kier alpha value is -2.75. The number of aromatic nitrogens is 1. The summed E-state index contributed by atoms with van der Waals surface area (Å²) in [7, 11) is 0. The quantitative estimate of drug-likeness (QED) is 0.334. The van der Waals surface area contributed by atoms with Crippen LogP contribution in [0, 0.1) is 33.5 Å². The summed E-state index contributed by atoms with van der Waals surface area (Å²) >= 11 is 8.91. The van der Waals surface area contributed by atoms with Gasteiger partial charge >= 0.3 is 5.97 Å². The van der Waals surface area contributed by atoms with E-state index < -0.39 is 23.8 Å². The van der Waals surface area contributed by atoms with Gasteiger partial charge in [0.15, 0.2) is 3.95 Å². The standard InChI is InChI=1S/C28H24N2O4S3/c1-12(27(33)34)30-25(31)20-16-11-17(21(20)26(30)32)22-19(16)18(23-24(36-22)29-28(35)37-23)15-9-7-14(8-10-15)13-5-3-2-4-6-13/h2-10,12,16-22H,11H2,1H3,(H,29,35)(H,33,34). The molecule has 7 rings (SSSR count). The van der Waals surface area contributed by atoms with Crippen LogP contribution in [-0.2, 0) is 14.4 Å². The lowest BCUT2D eigenvalue weighted by molar-refractivity contribution is -0.154. The molecular formula is C28H24N2O4S3. The number of hydrogen-bond donors (Lipinski definition) is 2. The van der Waals surface area contributed by atoms with Crippen molar-refractivity contribution in [2.45, 2.75) is 35.6 Å². The minimum atomic E-state index is -1.15. The predicted octanol–water partition coefficient (Wildman–Crippen LogP) is 5.42. The summed E-state index contributed by atoms with van der Waals surface area (Å²) in [5.41, 5.74) is 3.50. The molecule has 2 aliphatic heterocycles. The molecular weight excluding hydrogens is 525 g/mol. The number of carbonyl (C=O) groups is 3. The lowest BCUT2D eigenvalue weighted by Crippen LogP contribution is -2.44. The second-order valence-corrected chi connectivity index (χ2v) is 13.4. The Bertz CT molecular complexity index is 1500. The summed E-state index contributed by atoms with van der Waals surface area (Å²) in [5, 5.41) is 10.8. The number of benzene rings is 2. The SMILES string of the molecule is CC(C(=O)O)N1C(=O)C2C3CC(C2C1=O)C1C(c2ccc(-c4ccccc4)cc2)c2sc(=S)[nH]c2SC31. The second kappa shape index (κ2) is 8.38. The Labute approximate surface area is 227 Å². The number of carbonyl (C=O) groups excluding carboxylic acids is 2. The van der Waals surface area contributed by atoms with E-state index in [1.165, 1.54) is 17.4 Å². The molecule has 2 N–H and O–H groups in total. The number of aromatic amines is 1. The van der Waals surface area contributed by atoms with Gasteiger partial charge in [0.2, 0.25) is 11.8 Å². The minimum absolute atomic E-state index is 0.0394. The lowest BCUT2D eigenvalue weighted by atomic mass is 9.68. The number of imide groups is 1. The number of thioether (sulfide) groups is 1. The van der Waals surface area contributed by atoms with E-state index in [0.717, 1.165) is 31.4 Å². The van der Waals surface area contributed by atoms with Gasteiger partial charge in [-0.1, -0.05) is 54.6 Å². The van der Waals surface area contributed by atoms with E-state index in [4.69, 9.17) is 12.2 Å². The maximum atomic E-state index is 13.5. The van der Waals surface area contributed by atoms with Gasteiger partial charge in [-0.05, 0) is 60.0 Å². The molecule has 3 fully saturated rings. The number of carboxylic acids is 1. The van der Waals surface area contributed by atoms with Crippen LogP contribution in [0.15, 0.2) is 59.6 Å². The molecule has 6 nitrogen and oxygen atoms in total. The van der Waals surface area contributed by atoms with Crippen LogP contribution in [0.2, 0.25) is 0 Å². The first-order valence-electron chi connectivity index (χ1n) is 12.5. The third-order valence-electron chi connectivity index (χ3n) is 8.88. The molecule has 1 saturated heterocycles. The van der Waals surface area contributed by atoms with Crippen molar-refractivity contribution in [2.75, 3.05) is 0 Å².